The van der Waals surface area contributed by atoms with E-state index >= 15 is 0 Å². The van der Waals surface area contributed by atoms with Crippen LogP contribution in [0.3, 0.4) is 0 Å². The molecule has 0 spiro atoms. The van der Waals surface area contributed by atoms with E-state index in [-0.39, 0.29) is 17.3 Å². The molecule has 1 heterocycles. The number of hydrogen-bond donors (Lipinski definition) is 1. The third-order valence-electron chi connectivity index (χ3n) is 3.83. The number of hydrogen-bond acceptors (Lipinski definition) is 4. The van der Waals surface area contributed by atoms with Crippen LogP contribution < -0.4 is 5.32 Å². The highest BCUT2D eigenvalue weighted by Crippen LogP contribution is 2.19. The van der Waals surface area contributed by atoms with E-state index in [2.05, 4.69) is 10.3 Å². The highest BCUT2D eigenvalue weighted by molar-refractivity contribution is 6.29. The minimum atomic E-state index is -0.633. The van der Waals surface area contributed by atoms with Gasteiger partial charge in [0.05, 0.1) is 5.56 Å². The van der Waals surface area contributed by atoms with Gasteiger partial charge in [-0.25, -0.2) is 9.78 Å². The summed E-state index contributed by atoms with van der Waals surface area (Å²) in [4.78, 5) is 27.9. The molecule has 0 aliphatic carbocycles. The Morgan fingerprint density at radius 1 is 0.963 bits per heavy atom. The smallest absolute Gasteiger partial charge is 0.340 e. The first kappa shape index (κ1) is 18.6. The van der Waals surface area contributed by atoms with E-state index in [1.54, 1.807) is 0 Å². The number of anilines is 1. The van der Waals surface area contributed by atoms with Crippen LogP contribution in [0.5, 0.6) is 0 Å². The zero-order chi connectivity index (χ0) is 19.1. The van der Waals surface area contributed by atoms with Crippen molar-refractivity contribution >= 4 is 29.2 Å². The Bertz CT molecular complexity index is 928. The number of pyridine rings is 1. The fourth-order valence-corrected chi connectivity index (χ4v) is 2.62. The second-order valence-corrected chi connectivity index (χ2v) is 6.20. The van der Waals surface area contributed by atoms with E-state index in [4.69, 9.17) is 16.3 Å². The molecule has 1 aromatic heterocycles. The van der Waals surface area contributed by atoms with Crippen molar-refractivity contribution in [1.82, 2.24) is 4.98 Å². The predicted molar refractivity (Wildman–Crippen MR) is 104 cm³/mol. The molecule has 3 rings (SSSR count). The minimum Gasteiger partial charge on any atom is -0.452 e. The SMILES string of the molecule is O=C(COC(=O)c1ccc(Cl)nc1)Nc1ccccc1Cc1ccccc1. The van der Waals surface area contributed by atoms with E-state index in [1.165, 1.54) is 18.3 Å². The summed E-state index contributed by atoms with van der Waals surface area (Å²) in [5.74, 6) is -1.04. The molecule has 6 heteroatoms. The predicted octanol–water partition coefficient (Wildman–Crippen LogP) is 4.12. The van der Waals surface area contributed by atoms with Crippen molar-refractivity contribution in [3.8, 4) is 0 Å². The Morgan fingerprint density at radius 3 is 2.44 bits per heavy atom. The largest absolute Gasteiger partial charge is 0.452 e. The summed E-state index contributed by atoms with van der Waals surface area (Å²) < 4.78 is 5.03. The van der Waals surface area contributed by atoms with Crippen molar-refractivity contribution in [2.24, 2.45) is 0 Å². The average Bonchev–Trinajstić information content (AvgIpc) is 2.69. The zero-order valence-electron chi connectivity index (χ0n) is 14.4. The molecule has 2 aromatic carbocycles. The molecule has 0 radical (unpaired) electrons. The first-order valence-corrected chi connectivity index (χ1v) is 8.70. The first-order valence-electron chi connectivity index (χ1n) is 8.32. The summed E-state index contributed by atoms with van der Waals surface area (Å²) in [5, 5.41) is 3.07. The number of halogens is 1. The van der Waals surface area contributed by atoms with Crippen molar-refractivity contribution < 1.29 is 14.3 Å². The number of para-hydroxylation sites is 1. The molecule has 27 heavy (non-hydrogen) atoms. The summed E-state index contributed by atoms with van der Waals surface area (Å²) in [5.41, 5.74) is 3.04. The number of nitrogens with zero attached hydrogens (tertiary/aromatic N) is 1. The average molecular weight is 381 g/mol. The lowest BCUT2D eigenvalue weighted by molar-refractivity contribution is -0.119. The number of rotatable bonds is 6. The fourth-order valence-electron chi connectivity index (χ4n) is 2.51. The van der Waals surface area contributed by atoms with Crippen molar-refractivity contribution in [1.29, 1.82) is 0 Å². The van der Waals surface area contributed by atoms with Gasteiger partial charge in [0.1, 0.15) is 5.15 Å². The second-order valence-electron chi connectivity index (χ2n) is 5.81. The van der Waals surface area contributed by atoms with Crippen LogP contribution in [-0.4, -0.2) is 23.5 Å². The Morgan fingerprint density at radius 2 is 1.70 bits per heavy atom. The van der Waals surface area contributed by atoms with Crippen LogP contribution in [0.4, 0.5) is 5.69 Å². The third kappa shape index (κ3) is 5.39. The van der Waals surface area contributed by atoms with E-state index in [0.29, 0.717) is 12.1 Å². The molecule has 0 atom stereocenters. The number of esters is 1. The summed E-state index contributed by atoms with van der Waals surface area (Å²) in [6.07, 6.45) is 1.99. The maximum Gasteiger partial charge on any atom is 0.340 e. The Labute approximate surface area is 162 Å². The van der Waals surface area contributed by atoms with Crippen LogP contribution in [0.2, 0.25) is 5.15 Å². The number of amides is 1. The monoisotopic (exact) mass is 380 g/mol. The first-order chi connectivity index (χ1) is 13.1. The fraction of sp³-hybridized carbons (Fsp3) is 0.0952. The van der Waals surface area contributed by atoms with Gasteiger partial charge in [0, 0.05) is 11.9 Å². The molecule has 0 bridgehead atoms. The summed E-state index contributed by atoms with van der Waals surface area (Å²) in [6, 6.07) is 20.5. The standard InChI is InChI=1S/C21H17ClN2O3/c22-19-11-10-17(13-23-19)21(26)27-14-20(25)24-18-9-5-4-8-16(18)12-15-6-2-1-3-7-15/h1-11,13H,12,14H2,(H,24,25). The summed E-state index contributed by atoms with van der Waals surface area (Å²) in [6.45, 7) is -0.388. The van der Waals surface area contributed by atoms with E-state index in [1.807, 2.05) is 54.6 Å². The number of carbonyl (C=O) groups is 2. The number of ether oxygens (including phenoxy) is 1. The van der Waals surface area contributed by atoms with Crippen molar-refractivity contribution in [2.75, 3.05) is 11.9 Å². The van der Waals surface area contributed by atoms with Gasteiger partial charge in [0.15, 0.2) is 6.61 Å². The number of benzene rings is 2. The van der Waals surface area contributed by atoms with E-state index in [0.717, 1.165) is 11.1 Å². The van der Waals surface area contributed by atoms with Gasteiger partial charge in [-0.15, -0.1) is 0 Å². The van der Waals surface area contributed by atoms with Crippen LogP contribution >= 0.6 is 11.6 Å². The van der Waals surface area contributed by atoms with Crippen LogP contribution in [0.15, 0.2) is 72.9 Å². The highest BCUT2D eigenvalue weighted by atomic mass is 35.5. The highest BCUT2D eigenvalue weighted by Gasteiger charge is 2.12. The Hall–Kier alpha value is -3.18. The van der Waals surface area contributed by atoms with Crippen molar-refractivity contribution in [3.63, 3.8) is 0 Å². The van der Waals surface area contributed by atoms with E-state index < -0.39 is 11.9 Å². The van der Waals surface area contributed by atoms with Crippen LogP contribution in [0.25, 0.3) is 0 Å². The second kappa shape index (κ2) is 8.96. The van der Waals surface area contributed by atoms with Crippen LogP contribution in [0.1, 0.15) is 21.5 Å². The molecule has 3 aromatic rings. The van der Waals surface area contributed by atoms with Gasteiger partial charge in [-0.1, -0.05) is 60.1 Å². The van der Waals surface area contributed by atoms with Gasteiger partial charge in [0.2, 0.25) is 0 Å². The molecule has 5 nitrogen and oxygen atoms in total. The lowest BCUT2D eigenvalue weighted by Crippen LogP contribution is -2.21. The molecule has 1 amide bonds. The quantitative estimate of drug-likeness (QED) is 0.516. The molecule has 0 saturated heterocycles. The van der Waals surface area contributed by atoms with Gasteiger partial charge < -0.3 is 10.1 Å². The Balaban J connectivity index is 1.59. The van der Waals surface area contributed by atoms with Gasteiger partial charge >= 0.3 is 5.97 Å². The Kier molecular flexibility index (Phi) is 6.18. The minimum absolute atomic E-state index is 0.233. The molecule has 0 saturated carbocycles. The maximum absolute atomic E-state index is 12.2. The number of carbonyl (C=O) groups excluding carboxylic acids is 2. The summed E-state index contributed by atoms with van der Waals surface area (Å²) in [7, 11) is 0. The third-order valence-corrected chi connectivity index (χ3v) is 4.05. The summed E-state index contributed by atoms with van der Waals surface area (Å²) >= 11 is 5.68. The lowest BCUT2D eigenvalue weighted by atomic mass is 10.0. The number of nitrogens with one attached hydrogen (secondary N) is 1. The molecular formula is C21H17ClN2O3. The normalized spacial score (nSPS) is 10.3. The van der Waals surface area contributed by atoms with Crippen molar-refractivity contribution in [2.45, 2.75) is 6.42 Å². The van der Waals surface area contributed by atoms with Gasteiger partial charge in [0.25, 0.3) is 5.91 Å². The van der Waals surface area contributed by atoms with Gasteiger partial charge in [-0.05, 0) is 35.7 Å². The molecule has 0 fully saturated rings. The molecule has 0 aliphatic heterocycles. The maximum atomic E-state index is 12.2. The number of aromatic nitrogens is 1. The molecule has 0 unspecified atom stereocenters. The zero-order valence-corrected chi connectivity index (χ0v) is 15.1. The molecule has 1 N–H and O–H groups in total. The topological polar surface area (TPSA) is 68.3 Å². The van der Waals surface area contributed by atoms with Crippen molar-refractivity contribution in [3.05, 3.63) is 94.8 Å². The van der Waals surface area contributed by atoms with E-state index in [9.17, 15) is 9.59 Å². The van der Waals surface area contributed by atoms with Gasteiger partial charge in [-0.3, -0.25) is 4.79 Å². The molecular weight excluding hydrogens is 364 g/mol. The van der Waals surface area contributed by atoms with Gasteiger partial charge in [-0.2, -0.15) is 0 Å². The molecule has 0 aliphatic rings. The lowest BCUT2D eigenvalue weighted by Gasteiger charge is -2.11. The van der Waals surface area contributed by atoms with Crippen LogP contribution in [0, 0.1) is 0 Å². The molecule has 136 valence electrons. The van der Waals surface area contributed by atoms with Crippen LogP contribution in [-0.2, 0) is 16.0 Å².